The summed E-state index contributed by atoms with van der Waals surface area (Å²) in [5.74, 6) is -0.884. The van der Waals surface area contributed by atoms with Crippen molar-refractivity contribution in [2.75, 3.05) is 0 Å². The Morgan fingerprint density at radius 3 is 2.47 bits per heavy atom. The van der Waals surface area contributed by atoms with Gasteiger partial charge < -0.3 is 10.0 Å². The number of amides is 1. The number of carboxylic acid groups (broad SMARTS) is 1. The zero-order valence-corrected chi connectivity index (χ0v) is 10.1. The van der Waals surface area contributed by atoms with E-state index < -0.39 is 12.0 Å². The lowest BCUT2D eigenvalue weighted by Crippen LogP contribution is -2.47. The van der Waals surface area contributed by atoms with Crippen molar-refractivity contribution in [3.05, 3.63) is 12.2 Å². The van der Waals surface area contributed by atoms with E-state index >= 15 is 0 Å². The van der Waals surface area contributed by atoms with Crippen molar-refractivity contribution >= 4 is 11.9 Å². The van der Waals surface area contributed by atoms with Crippen LogP contribution in [0.3, 0.4) is 0 Å². The molecule has 1 N–H and O–H groups in total. The average Bonchev–Trinajstić information content (AvgIpc) is 3.14. The van der Waals surface area contributed by atoms with Crippen molar-refractivity contribution in [3.63, 3.8) is 0 Å². The lowest BCUT2D eigenvalue weighted by molar-refractivity contribution is -0.152. The molecule has 0 aromatic heterocycles. The summed E-state index contributed by atoms with van der Waals surface area (Å²) in [6, 6.07) is -0.527. The van der Waals surface area contributed by atoms with Gasteiger partial charge in [-0.05, 0) is 39.0 Å². The molecule has 0 radical (unpaired) electrons. The molecule has 17 heavy (non-hydrogen) atoms. The fourth-order valence-corrected chi connectivity index (χ4v) is 2.39. The normalized spacial score (nSPS) is 25.4. The maximum absolute atomic E-state index is 12.4. The summed E-state index contributed by atoms with van der Waals surface area (Å²) in [6.07, 6.45) is 8.56. The second-order valence-electron chi connectivity index (χ2n) is 4.97. The number of hydrogen-bond acceptors (Lipinski definition) is 2. The number of nitrogens with zero attached hydrogens (tertiary/aromatic N) is 1. The molecular weight excluding hydrogens is 218 g/mol. The van der Waals surface area contributed by atoms with Gasteiger partial charge in [-0.1, -0.05) is 12.2 Å². The number of allylic oxidation sites excluding steroid dienone is 2. The summed E-state index contributed by atoms with van der Waals surface area (Å²) < 4.78 is 0. The van der Waals surface area contributed by atoms with Crippen molar-refractivity contribution in [2.45, 2.75) is 51.1 Å². The molecule has 0 heterocycles. The van der Waals surface area contributed by atoms with Gasteiger partial charge in [0.05, 0.1) is 0 Å². The van der Waals surface area contributed by atoms with Crippen LogP contribution in [0.4, 0.5) is 0 Å². The Hall–Kier alpha value is -1.32. The van der Waals surface area contributed by atoms with E-state index in [1.165, 1.54) is 0 Å². The van der Waals surface area contributed by atoms with Gasteiger partial charge in [0.25, 0.3) is 0 Å². The average molecular weight is 237 g/mol. The molecule has 2 aliphatic carbocycles. The highest BCUT2D eigenvalue weighted by molar-refractivity contribution is 5.85. The van der Waals surface area contributed by atoms with Gasteiger partial charge >= 0.3 is 5.97 Å². The van der Waals surface area contributed by atoms with Gasteiger partial charge in [-0.15, -0.1) is 0 Å². The van der Waals surface area contributed by atoms with Crippen LogP contribution >= 0.6 is 0 Å². The summed E-state index contributed by atoms with van der Waals surface area (Å²) in [4.78, 5) is 25.0. The minimum absolute atomic E-state index is 0.0117. The van der Waals surface area contributed by atoms with Crippen LogP contribution in [0.15, 0.2) is 12.2 Å². The predicted octanol–water partition coefficient (Wildman–Crippen LogP) is 1.81. The second kappa shape index (κ2) is 4.90. The largest absolute Gasteiger partial charge is 0.480 e. The molecule has 94 valence electrons. The fraction of sp³-hybridized carbons (Fsp3) is 0.692. The first-order chi connectivity index (χ1) is 8.11. The molecule has 1 amide bonds. The summed E-state index contributed by atoms with van der Waals surface area (Å²) in [5, 5.41) is 9.07. The van der Waals surface area contributed by atoms with Crippen LogP contribution in [0.5, 0.6) is 0 Å². The molecule has 2 unspecified atom stereocenters. The van der Waals surface area contributed by atoms with E-state index in [0.717, 1.165) is 32.1 Å². The third-order valence-electron chi connectivity index (χ3n) is 3.59. The van der Waals surface area contributed by atoms with Gasteiger partial charge in [-0.25, -0.2) is 4.79 Å². The molecule has 2 atom stereocenters. The maximum Gasteiger partial charge on any atom is 0.326 e. The molecule has 0 saturated heterocycles. The minimum Gasteiger partial charge on any atom is -0.480 e. The summed E-state index contributed by atoms with van der Waals surface area (Å²) in [5.41, 5.74) is 0. The van der Waals surface area contributed by atoms with Crippen molar-refractivity contribution < 1.29 is 14.7 Å². The van der Waals surface area contributed by atoms with Gasteiger partial charge in [-0.3, -0.25) is 4.79 Å². The number of hydrogen-bond donors (Lipinski definition) is 1. The van der Waals surface area contributed by atoms with Crippen LogP contribution in [-0.2, 0) is 9.59 Å². The molecule has 4 nitrogen and oxygen atoms in total. The SMILES string of the molecule is CC(C(=O)O)N(C(=O)C1CC=CCC1)C1CC1. The van der Waals surface area contributed by atoms with E-state index in [4.69, 9.17) is 5.11 Å². The molecule has 0 bridgehead atoms. The maximum atomic E-state index is 12.4. The molecule has 0 aromatic rings. The highest BCUT2D eigenvalue weighted by atomic mass is 16.4. The van der Waals surface area contributed by atoms with Crippen LogP contribution in [0.1, 0.15) is 39.0 Å². The van der Waals surface area contributed by atoms with Crippen molar-refractivity contribution in [1.29, 1.82) is 0 Å². The van der Waals surface area contributed by atoms with Crippen molar-refractivity contribution in [3.8, 4) is 0 Å². The number of carbonyl (C=O) groups is 2. The Morgan fingerprint density at radius 2 is 2.00 bits per heavy atom. The smallest absolute Gasteiger partial charge is 0.326 e. The quantitative estimate of drug-likeness (QED) is 0.759. The summed E-state index contributed by atoms with van der Waals surface area (Å²) in [6.45, 7) is 1.61. The first kappa shape index (κ1) is 12.1. The second-order valence-corrected chi connectivity index (χ2v) is 4.97. The number of rotatable bonds is 4. The van der Waals surface area contributed by atoms with Crippen LogP contribution < -0.4 is 0 Å². The fourth-order valence-electron chi connectivity index (χ4n) is 2.39. The Kier molecular flexibility index (Phi) is 3.50. The number of carbonyl (C=O) groups excluding carboxylic acids is 1. The molecule has 0 aliphatic heterocycles. The van der Waals surface area contributed by atoms with Gasteiger partial charge in [0, 0.05) is 12.0 Å². The predicted molar refractivity (Wildman–Crippen MR) is 63.4 cm³/mol. The van der Waals surface area contributed by atoms with E-state index in [1.54, 1.807) is 11.8 Å². The monoisotopic (exact) mass is 237 g/mol. The Balaban J connectivity index is 2.07. The molecule has 4 heteroatoms. The molecule has 0 spiro atoms. The molecule has 1 saturated carbocycles. The third kappa shape index (κ3) is 2.68. The highest BCUT2D eigenvalue weighted by Gasteiger charge is 2.40. The minimum atomic E-state index is -0.906. The van der Waals surface area contributed by atoms with Crippen LogP contribution in [0.25, 0.3) is 0 Å². The van der Waals surface area contributed by atoms with Crippen LogP contribution in [0.2, 0.25) is 0 Å². The first-order valence-electron chi connectivity index (χ1n) is 6.31. The van der Waals surface area contributed by atoms with E-state index in [0.29, 0.717) is 0 Å². The standard InChI is InChI=1S/C13H19NO3/c1-9(13(16)17)14(11-7-8-11)12(15)10-5-3-2-4-6-10/h2-3,9-11H,4-8H2,1H3,(H,16,17). The Bertz CT molecular complexity index is 347. The first-order valence-corrected chi connectivity index (χ1v) is 6.31. The molecule has 2 aliphatic rings. The van der Waals surface area contributed by atoms with E-state index in [-0.39, 0.29) is 17.9 Å². The van der Waals surface area contributed by atoms with Crippen molar-refractivity contribution in [2.24, 2.45) is 5.92 Å². The van der Waals surface area contributed by atoms with E-state index in [1.807, 2.05) is 6.08 Å². The lowest BCUT2D eigenvalue weighted by Gasteiger charge is -2.31. The zero-order chi connectivity index (χ0) is 12.4. The topological polar surface area (TPSA) is 57.6 Å². The zero-order valence-electron chi connectivity index (χ0n) is 10.1. The van der Waals surface area contributed by atoms with Crippen LogP contribution in [-0.4, -0.2) is 34.0 Å². The molecule has 0 aromatic carbocycles. The lowest BCUT2D eigenvalue weighted by atomic mass is 9.92. The van der Waals surface area contributed by atoms with Gasteiger partial charge in [0.15, 0.2) is 0 Å². The Morgan fingerprint density at radius 1 is 1.29 bits per heavy atom. The van der Waals surface area contributed by atoms with E-state index in [2.05, 4.69) is 6.08 Å². The van der Waals surface area contributed by atoms with E-state index in [9.17, 15) is 9.59 Å². The van der Waals surface area contributed by atoms with Gasteiger partial charge in [-0.2, -0.15) is 0 Å². The van der Waals surface area contributed by atoms with Crippen LogP contribution in [0, 0.1) is 5.92 Å². The molecular formula is C13H19NO3. The summed E-state index contributed by atoms with van der Waals surface area (Å²) >= 11 is 0. The number of aliphatic carboxylic acids is 1. The Labute approximate surface area is 101 Å². The molecule has 1 fully saturated rings. The van der Waals surface area contributed by atoms with Gasteiger partial charge in [0.2, 0.25) is 5.91 Å². The molecule has 2 rings (SSSR count). The van der Waals surface area contributed by atoms with Crippen molar-refractivity contribution in [1.82, 2.24) is 4.90 Å². The highest BCUT2D eigenvalue weighted by Crippen LogP contribution is 2.32. The van der Waals surface area contributed by atoms with Gasteiger partial charge in [0.1, 0.15) is 6.04 Å². The third-order valence-corrected chi connectivity index (χ3v) is 3.59. The number of carboxylic acids is 1. The summed E-state index contributed by atoms with van der Waals surface area (Å²) in [7, 11) is 0.